The zero-order chi connectivity index (χ0) is 9.19. The first-order valence-electron chi connectivity index (χ1n) is 3.48. The molecule has 1 aromatic rings. The average Bonchev–Trinajstić information content (AvgIpc) is 2.03. The molecule has 0 aliphatic carbocycles. The number of halogens is 3. The summed E-state index contributed by atoms with van der Waals surface area (Å²) >= 11 is 0. The van der Waals surface area contributed by atoms with Crippen LogP contribution in [0.3, 0.4) is 0 Å². The van der Waals surface area contributed by atoms with E-state index < -0.39 is 12.1 Å². The average molecular weight is 173 g/mol. The van der Waals surface area contributed by atoms with Crippen molar-refractivity contribution >= 4 is 0 Å². The minimum Gasteiger partial charge on any atom is -0.170 e. The van der Waals surface area contributed by atoms with Gasteiger partial charge in [0.15, 0.2) is 0 Å². The quantitative estimate of drug-likeness (QED) is 0.611. The van der Waals surface area contributed by atoms with Crippen molar-refractivity contribution in [1.29, 1.82) is 0 Å². The van der Waals surface area contributed by atoms with Crippen molar-refractivity contribution < 1.29 is 13.2 Å². The Morgan fingerprint density at radius 2 is 1.58 bits per heavy atom. The molecular formula is C9H8F3. The van der Waals surface area contributed by atoms with Crippen molar-refractivity contribution in [2.24, 2.45) is 0 Å². The van der Waals surface area contributed by atoms with Gasteiger partial charge < -0.3 is 0 Å². The van der Waals surface area contributed by atoms with Gasteiger partial charge in [-0.1, -0.05) is 30.3 Å². The van der Waals surface area contributed by atoms with Crippen LogP contribution in [0.1, 0.15) is 12.5 Å². The molecule has 0 nitrogen and oxygen atoms in total. The lowest BCUT2D eigenvalue weighted by Crippen LogP contribution is -2.18. The fourth-order valence-corrected chi connectivity index (χ4v) is 0.852. The highest BCUT2D eigenvalue weighted by Gasteiger charge is 2.37. The number of alkyl halides is 3. The molecular weight excluding hydrogens is 165 g/mol. The minimum absolute atomic E-state index is 0.227. The van der Waals surface area contributed by atoms with Gasteiger partial charge in [0.2, 0.25) is 0 Å². The number of hydrogen-bond acceptors (Lipinski definition) is 0. The van der Waals surface area contributed by atoms with Crippen LogP contribution in [0.15, 0.2) is 30.3 Å². The van der Waals surface area contributed by atoms with E-state index in [1.54, 1.807) is 18.2 Å². The number of hydrogen-bond donors (Lipinski definition) is 0. The summed E-state index contributed by atoms with van der Waals surface area (Å²) in [5, 5.41) is 0. The Morgan fingerprint density at radius 1 is 1.08 bits per heavy atom. The molecule has 0 aromatic heterocycles. The molecule has 1 rings (SSSR count). The van der Waals surface area contributed by atoms with Gasteiger partial charge in [-0.2, -0.15) is 13.2 Å². The molecule has 0 heterocycles. The van der Waals surface area contributed by atoms with Crippen LogP contribution in [0.5, 0.6) is 0 Å². The molecule has 0 N–H and O–H groups in total. The van der Waals surface area contributed by atoms with Crippen molar-refractivity contribution in [3.05, 3.63) is 41.8 Å². The molecule has 0 unspecified atom stereocenters. The molecule has 1 aromatic carbocycles. The van der Waals surface area contributed by atoms with E-state index in [-0.39, 0.29) is 5.56 Å². The summed E-state index contributed by atoms with van der Waals surface area (Å²) in [6.07, 6.45) is -4.22. The van der Waals surface area contributed by atoms with Gasteiger partial charge in [0.05, 0.1) is 0 Å². The van der Waals surface area contributed by atoms with Gasteiger partial charge in [-0.15, -0.1) is 0 Å². The maximum absolute atomic E-state index is 12.1. The first-order chi connectivity index (χ1) is 5.52. The van der Waals surface area contributed by atoms with E-state index in [0.717, 1.165) is 6.92 Å². The van der Waals surface area contributed by atoms with Crippen LogP contribution in [0, 0.1) is 5.92 Å². The molecule has 12 heavy (non-hydrogen) atoms. The molecule has 0 fully saturated rings. The van der Waals surface area contributed by atoms with Gasteiger partial charge in [-0.05, 0) is 12.5 Å². The normalized spacial score (nSPS) is 12.1. The Morgan fingerprint density at radius 3 is 2.00 bits per heavy atom. The van der Waals surface area contributed by atoms with Gasteiger partial charge in [0, 0.05) is 0 Å². The fourth-order valence-electron chi connectivity index (χ4n) is 0.852. The van der Waals surface area contributed by atoms with E-state index in [2.05, 4.69) is 0 Å². The van der Waals surface area contributed by atoms with Crippen molar-refractivity contribution in [1.82, 2.24) is 0 Å². The molecule has 0 atom stereocenters. The molecule has 0 bridgehead atoms. The summed E-state index contributed by atoms with van der Waals surface area (Å²) in [5.41, 5.74) is 0.227. The van der Waals surface area contributed by atoms with Crippen LogP contribution in [-0.2, 0) is 0 Å². The number of benzene rings is 1. The third-order valence-electron chi connectivity index (χ3n) is 1.63. The van der Waals surface area contributed by atoms with Crippen molar-refractivity contribution in [3.8, 4) is 0 Å². The first kappa shape index (κ1) is 9.10. The van der Waals surface area contributed by atoms with Gasteiger partial charge in [-0.25, -0.2) is 0 Å². The summed E-state index contributed by atoms with van der Waals surface area (Å²) in [5.74, 6) is -0.553. The summed E-state index contributed by atoms with van der Waals surface area (Å²) in [6, 6.07) is 7.76. The van der Waals surface area contributed by atoms with E-state index in [9.17, 15) is 13.2 Å². The molecule has 0 saturated carbocycles. The van der Waals surface area contributed by atoms with Crippen LogP contribution in [0.25, 0.3) is 0 Å². The van der Waals surface area contributed by atoms with E-state index >= 15 is 0 Å². The van der Waals surface area contributed by atoms with E-state index in [4.69, 9.17) is 0 Å². The zero-order valence-electron chi connectivity index (χ0n) is 6.52. The second-order valence-corrected chi connectivity index (χ2v) is 2.49. The summed E-state index contributed by atoms with van der Waals surface area (Å²) in [4.78, 5) is 0. The Bertz CT molecular complexity index is 238. The molecule has 0 saturated heterocycles. The first-order valence-corrected chi connectivity index (χ1v) is 3.48. The Balaban J connectivity index is 2.86. The standard InChI is InChI=1S/C9H8F3/c1-7(9(10,11)12)8-5-3-2-4-6-8/h2-6H,1H3. The second-order valence-electron chi connectivity index (χ2n) is 2.49. The minimum atomic E-state index is -4.22. The summed E-state index contributed by atoms with van der Waals surface area (Å²) < 4.78 is 36.3. The predicted octanol–water partition coefficient (Wildman–Crippen LogP) is 3.19. The fraction of sp³-hybridized carbons (Fsp3) is 0.222. The van der Waals surface area contributed by atoms with Crippen LogP contribution < -0.4 is 0 Å². The lowest BCUT2D eigenvalue weighted by molar-refractivity contribution is -0.108. The van der Waals surface area contributed by atoms with Crippen molar-refractivity contribution in [2.75, 3.05) is 0 Å². The van der Waals surface area contributed by atoms with Gasteiger partial charge >= 0.3 is 6.18 Å². The van der Waals surface area contributed by atoms with Crippen LogP contribution in [0.4, 0.5) is 13.2 Å². The topological polar surface area (TPSA) is 0 Å². The Kier molecular flexibility index (Phi) is 2.40. The van der Waals surface area contributed by atoms with Crippen molar-refractivity contribution in [3.63, 3.8) is 0 Å². The molecule has 65 valence electrons. The molecule has 3 heteroatoms. The SMILES string of the molecule is C[C](c1ccccc1)C(F)(F)F. The maximum Gasteiger partial charge on any atom is 0.399 e. The molecule has 0 spiro atoms. The van der Waals surface area contributed by atoms with Crippen LogP contribution in [0.2, 0.25) is 0 Å². The summed E-state index contributed by atoms with van der Waals surface area (Å²) in [7, 11) is 0. The van der Waals surface area contributed by atoms with E-state index in [1.807, 2.05) is 0 Å². The molecule has 0 amide bonds. The highest BCUT2D eigenvalue weighted by molar-refractivity contribution is 5.31. The van der Waals surface area contributed by atoms with Gasteiger partial charge in [-0.3, -0.25) is 0 Å². The Labute approximate surface area is 69.0 Å². The maximum atomic E-state index is 12.1. The van der Waals surface area contributed by atoms with Gasteiger partial charge in [0.25, 0.3) is 0 Å². The smallest absolute Gasteiger partial charge is 0.170 e. The lowest BCUT2D eigenvalue weighted by atomic mass is 10.0. The monoisotopic (exact) mass is 173 g/mol. The highest BCUT2D eigenvalue weighted by atomic mass is 19.4. The van der Waals surface area contributed by atoms with Crippen molar-refractivity contribution in [2.45, 2.75) is 13.1 Å². The van der Waals surface area contributed by atoms with Gasteiger partial charge in [0.1, 0.15) is 5.92 Å². The zero-order valence-corrected chi connectivity index (χ0v) is 6.52. The van der Waals surface area contributed by atoms with Crippen LogP contribution >= 0.6 is 0 Å². The van der Waals surface area contributed by atoms with Crippen LogP contribution in [-0.4, -0.2) is 6.18 Å². The number of rotatable bonds is 1. The lowest BCUT2D eigenvalue weighted by Gasteiger charge is -2.14. The largest absolute Gasteiger partial charge is 0.399 e. The van der Waals surface area contributed by atoms with E-state index in [0.29, 0.717) is 0 Å². The predicted molar refractivity (Wildman–Crippen MR) is 40.5 cm³/mol. The Hall–Kier alpha value is -0.990. The highest BCUT2D eigenvalue weighted by Crippen LogP contribution is 2.32. The molecule has 0 aliphatic rings. The summed E-state index contributed by atoms with van der Waals surface area (Å²) in [6.45, 7) is 1.08. The third kappa shape index (κ3) is 2.00. The second kappa shape index (κ2) is 3.17. The molecule has 1 radical (unpaired) electrons. The third-order valence-corrected chi connectivity index (χ3v) is 1.63. The molecule has 0 aliphatic heterocycles. The van der Waals surface area contributed by atoms with E-state index in [1.165, 1.54) is 12.1 Å².